The molecule has 1 N–H and O–H groups in total. The van der Waals surface area contributed by atoms with E-state index in [4.69, 9.17) is 0 Å². The maximum absolute atomic E-state index is 4.42. The van der Waals surface area contributed by atoms with Crippen molar-refractivity contribution < 1.29 is 0 Å². The van der Waals surface area contributed by atoms with Gasteiger partial charge >= 0.3 is 0 Å². The minimum atomic E-state index is 0.915. The summed E-state index contributed by atoms with van der Waals surface area (Å²) in [6.45, 7) is 3.04. The normalized spacial score (nSPS) is 12.9. The van der Waals surface area contributed by atoms with Crippen LogP contribution in [0.3, 0.4) is 0 Å². The Morgan fingerprint density at radius 2 is 2.36 bits per heavy atom. The average molecular weight is 202 g/mol. The number of hydrogen-bond donors (Lipinski definition) is 1. The molecule has 2 aromatic rings. The van der Waals surface area contributed by atoms with Gasteiger partial charge in [0.1, 0.15) is 0 Å². The number of rotatable bonds is 0. The number of benzene rings is 1. The van der Waals surface area contributed by atoms with Gasteiger partial charge in [-0.2, -0.15) is 0 Å². The Kier molecular flexibility index (Phi) is 1.61. The number of nitrogens with zero attached hydrogens (tertiary/aromatic N) is 1. The number of fused-ring (bicyclic) bond motifs is 3. The minimum Gasteiger partial charge on any atom is -0.379 e. The van der Waals surface area contributed by atoms with Crippen LogP contribution in [0.2, 0.25) is 0 Å². The Morgan fingerprint density at radius 1 is 1.43 bits per heavy atom. The van der Waals surface area contributed by atoms with Gasteiger partial charge in [-0.3, -0.25) is 0 Å². The number of aryl methyl sites for hydroxylation is 1. The van der Waals surface area contributed by atoms with Gasteiger partial charge in [0.2, 0.25) is 0 Å². The zero-order valence-corrected chi connectivity index (χ0v) is 8.69. The van der Waals surface area contributed by atoms with Crippen LogP contribution in [0.25, 0.3) is 11.3 Å². The van der Waals surface area contributed by atoms with E-state index >= 15 is 0 Å². The maximum atomic E-state index is 4.42. The number of hydrogen-bond acceptors (Lipinski definition) is 3. The van der Waals surface area contributed by atoms with Crippen LogP contribution in [0.4, 0.5) is 5.69 Å². The molecule has 0 bridgehead atoms. The van der Waals surface area contributed by atoms with Gasteiger partial charge in [-0.15, -0.1) is 11.3 Å². The van der Waals surface area contributed by atoms with Gasteiger partial charge < -0.3 is 5.32 Å². The largest absolute Gasteiger partial charge is 0.379 e. The molecule has 0 amide bonds. The molecular formula is C11H10N2S. The molecule has 0 fully saturated rings. The van der Waals surface area contributed by atoms with Gasteiger partial charge in [0.25, 0.3) is 0 Å². The van der Waals surface area contributed by atoms with Crippen LogP contribution in [0.15, 0.2) is 23.7 Å². The zero-order chi connectivity index (χ0) is 9.54. The molecule has 1 aromatic carbocycles. The van der Waals surface area contributed by atoms with Gasteiger partial charge in [-0.05, 0) is 12.5 Å². The van der Waals surface area contributed by atoms with E-state index in [0.717, 1.165) is 12.2 Å². The number of nitrogens with one attached hydrogen (secondary N) is 1. The zero-order valence-electron chi connectivity index (χ0n) is 7.87. The lowest BCUT2D eigenvalue weighted by molar-refractivity contribution is 1.14. The van der Waals surface area contributed by atoms with Crippen LogP contribution in [0, 0.1) is 6.92 Å². The Hall–Kier alpha value is -1.35. The van der Waals surface area contributed by atoms with Gasteiger partial charge in [0.05, 0.1) is 22.6 Å². The third-order valence-corrected chi connectivity index (χ3v) is 3.43. The SMILES string of the molecule is Cc1cccc2c1NCc1scnc1-2. The van der Waals surface area contributed by atoms with Crippen molar-refractivity contribution in [3.05, 3.63) is 34.2 Å². The molecule has 0 saturated carbocycles. The first-order chi connectivity index (χ1) is 6.86. The topological polar surface area (TPSA) is 24.9 Å². The molecule has 1 aromatic heterocycles. The molecule has 0 spiro atoms. The minimum absolute atomic E-state index is 0.915. The van der Waals surface area contributed by atoms with E-state index < -0.39 is 0 Å². The number of para-hydroxylation sites is 1. The van der Waals surface area contributed by atoms with E-state index in [9.17, 15) is 0 Å². The van der Waals surface area contributed by atoms with E-state index in [1.165, 1.54) is 21.7 Å². The summed E-state index contributed by atoms with van der Waals surface area (Å²) in [5.41, 5.74) is 6.86. The number of anilines is 1. The third-order valence-electron chi connectivity index (χ3n) is 2.59. The van der Waals surface area contributed by atoms with Crippen molar-refractivity contribution in [3.8, 4) is 11.3 Å². The lowest BCUT2D eigenvalue weighted by Crippen LogP contribution is -2.07. The molecule has 0 atom stereocenters. The summed E-state index contributed by atoms with van der Waals surface area (Å²) in [5, 5.41) is 3.44. The Bertz CT molecular complexity index is 488. The van der Waals surface area contributed by atoms with Crippen molar-refractivity contribution in [1.82, 2.24) is 4.98 Å². The number of aromatic nitrogens is 1. The van der Waals surface area contributed by atoms with Gasteiger partial charge in [-0.25, -0.2) is 4.98 Å². The van der Waals surface area contributed by atoms with Crippen molar-refractivity contribution in [2.75, 3.05) is 5.32 Å². The highest BCUT2D eigenvalue weighted by molar-refractivity contribution is 7.10. The molecule has 0 unspecified atom stereocenters. The fourth-order valence-electron chi connectivity index (χ4n) is 1.88. The Morgan fingerprint density at radius 3 is 3.29 bits per heavy atom. The van der Waals surface area contributed by atoms with Crippen molar-refractivity contribution in [3.63, 3.8) is 0 Å². The highest BCUT2D eigenvalue weighted by Crippen LogP contribution is 2.37. The summed E-state index contributed by atoms with van der Waals surface area (Å²) < 4.78 is 0. The van der Waals surface area contributed by atoms with Crippen LogP contribution in [0.1, 0.15) is 10.4 Å². The lowest BCUT2D eigenvalue weighted by atomic mass is 10.0. The second-order valence-electron chi connectivity index (χ2n) is 3.48. The van der Waals surface area contributed by atoms with E-state index in [2.05, 4.69) is 35.4 Å². The fraction of sp³-hybridized carbons (Fsp3) is 0.182. The summed E-state index contributed by atoms with van der Waals surface area (Å²) in [4.78, 5) is 5.75. The van der Waals surface area contributed by atoms with Crippen molar-refractivity contribution in [1.29, 1.82) is 0 Å². The molecule has 1 aliphatic heterocycles. The average Bonchev–Trinajstić information content (AvgIpc) is 2.66. The molecule has 14 heavy (non-hydrogen) atoms. The van der Waals surface area contributed by atoms with Crippen LogP contribution < -0.4 is 5.32 Å². The Labute approximate surface area is 86.6 Å². The second kappa shape index (κ2) is 2.82. The van der Waals surface area contributed by atoms with E-state index in [1.54, 1.807) is 11.3 Å². The summed E-state index contributed by atoms with van der Waals surface area (Å²) in [7, 11) is 0. The first kappa shape index (κ1) is 8.00. The van der Waals surface area contributed by atoms with Gasteiger partial charge in [0.15, 0.2) is 0 Å². The van der Waals surface area contributed by atoms with Crippen molar-refractivity contribution >= 4 is 17.0 Å². The smallest absolute Gasteiger partial charge is 0.0882 e. The third kappa shape index (κ3) is 0.990. The van der Waals surface area contributed by atoms with Crippen LogP contribution in [-0.4, -0.2) is 4.98 Å². The number of thiazole rings is 1. The van der Waals surface area contributed by atoms with Crippen molar-refractivity contribution in [2.24, 2.45) is 0 Å². The summed E-state index contributed by atoms with van der Waals surface area (Å²) in [6, 6.07) is 6.35. The fourth-order valence-corrected chi connectivity index (χ4v) is 2.60. The summed E-state index contributed by atoms with van der Waals surface area (Å²) in [6.07, 6.45) is 0. The standard InChI is InChI=1S/C11H10N2S/c1-7-3-2-4-8-10(7)12-5-9-11(8)13-6-14-9/h2-4,6,12H,5H2,1H3. The predicted octanol–water partition coefficient (Wildman–Crippen LogP) is 3.04. The summed E-state index contributed by atoms with van der Waals surface area (Å²) in [5.74, 6) is 0. The monoisotopic (exact) mass is 202 g/mol. The van der Waals surface area contributed by atoms with Gasteiger partial charge in [0, 0.05) is 11.3 Å². The molecule has 0 aliphatic carbocycles. The van der Waals surface area contributed by atoms with Gasteiger partial charge in [-0.1, -0.05) is 18.2 Å². The first-order valence-electron chi connectivity index (χ1n) is 4.62. The van der Waals surface area contributed by atoms with Crippen LogP contribution in [0.5, 0.6) is 0 Å². The van der Waals surface area contributed by atoms with Crippen LogP contribution in [-0.2, 0) is 6.54 Å². The first-order valence-corrected chi connectivity index (χ1v) is 5.50. The highest BCUT2D eigenvalue weighted by Gasteiger charge is 2.18. The molecule has 0 radical (unpaired) electrons. The quantitative estimate of drug-likeness (QED) is 0.710. The van der Waals surface area contributed by atoms with Crippen LogP contribution >= 0.6 is 11.3 Å². The lowest BCUT2D eigenvalue weighted by Gasteiger charge is -2.19. The van der Waals surface area contributed by atoms with Crippen molar-refractivity contribution in [2.45, 2.75) is 13.5 Å². The maximum Gasteiger partial charge on any atom is 0.0882 e. The molecule has 70 valence electrons. The Balaban J connectivity index is 2.31. The molecule has 3 heteroatoms. The molecule has 2 heterocycles. The predicted molar refractivity (Wildman–Crippen MR) is 59.6 cm³/mol. The molecule has 1 aliphatic rings. The molecule has 3 rings (SSSR count). The van der Waals surface area contributed by atoms with E-state index in [0.29, 0.717) is 0 Å². The highest BCUT2D eigenvalue weighted by atomic mass is 32.1. The molecule has 0 saturated heterocycles. The van der Waals surface area contributed by atoms with E-state index in [-0.39, 0.29) is 0 Å². The molecule has 2 nitrogen and oxygen atoms in total. The molecular weight excluding hydrogens is 192 g/mol. The summed E-state index contributed by atoms with van der Waals surface area (Å²) >= 11 is 1.72. The second-order valence-corrected chi connectivity index (χ2v) is 4.41. The van der Waals surface area contributed by atoms with E-state index in [1.807, 2.05) is 5.51 Å².